The summed E-state index contributed by atoms with van der Waals surface area (Å²) in [4.78, 5) is 19.4. The number of alkyl carbamates (subject to hydrolysis) is 1. The number of rotatable bonds is 7. The number of imidazole rings is 1. The third-order valence-electron chi connectivity index (χ3n) is 4.73. The van der Waals surface area contributed by atoms with Crippen molar-refractivity contribution >= 4 is 6.09 Å². The Bertz CT molecular complexity index is 1070. The topological polar surface area (TPSA) is 76.2 Å². The van der Waals surface area contributed by atoms with E-state index >= 15 is 0 Å². The maximum atomic E-state index is 11.1. The van der Waals surface area contributed by atoms with Gasteiger partial charge in [0.15, 0.2) is 0 Å². The Morgan fingerprint density at radius 3 is 2.13 bits per heavy atom. The second-order valence-corrected chi connectivity index (χ2v) is 6.80. The quantitative estimate of drug-likeness (QED) is 0.411. The molecule has 1 aromatic heterocycles. The molecule has 0 aliphatic rings. The van der Waals surface area contributed by atoms with E-state index in [1.807, 2.05) is 60.7 Å². The number of aromatic amines is 1. The number of H-pyrrole nitrogens is 1. The first kappa shape index (κ1) is 20.2. The maximum absolute atomic E-state index is 11.1. The molecule has 0 atom stereocenters. The molecule has 0 spiro atoms. The number of nitrogens with one attached hydrogen (secondary N) is 2. The molecule has 4 aromatic rings. The highest BCUT2D eigenvalue weighted by Gasteiger charge is 2.15. The van der Waals surface area contributed by atoms with Gasteiger partial charge < -0.3 is 19.8 Å². The van der Waals surface area contributed by atoms with Crippen LogP contribution in [0.25, 0.3) is 33.9 Å². The van der Waals surface area contributed by atoms with Crippen molar-refractivity contribution in [1.82, 2.24) is 15.3 Å². The van der Waals surface area contributed by atoms with Crippen molar-refractivity contribution in [2.45, 2.75) is 0 Å². The number of amides is 1. The van der Waals surface area contributed by atoms with Gasteiger partial charge in [-0.25, -0.2) is 9.78 Å². The van der Waals surface area contributed by atoms with Gasteiger partial charge in [-0.15, -0.1) is 0 Å². The van der Waals surface area contributed by atoms with E-state index in [1.54, 1.807) is 0 Å². The number of ether oxygens (including phenoxy) is 2. The summed E-state index contributed by atoms with van der Waals surface area (Å²) >= 11 is 0. The van der Waals surface area contributed by atoms with Crippen LogP contribution in [0, 0.1) is 0 Å². The number of carbonyl (C=O) groups excluding carboxylic acids is 1. The first-order chi connectivity index (χ1) is 15.2. The Labute approximate surface area is 180 Å². The summed E-state index contributed by atoms with van der Waals surface area (Å²) in [6, 6.07) is 28.0. The predicted molar refractivity (Wildman–Crippen MR) is 121 cm³/mol. The first-order valence-electron chi connectivity index (χ1n) is 10.0. The number of hydrogen-bond acceptors (Lipinski definition) is 4. The van der Waals surface area contributed by atoms with Gasteiger partial charge in [-0.1, -0.05) is 60.7 Å². The van der Waals surface area contributed by atoms with E-state index in [0.29, 0.717) is 5.75 Å². The molecule has 0 bridgehead atoms. The molecule has 31 heavy (non-hydrogen) atoms. The molecule has 0 aliphatic carbocycles. The van der Waals surface area contributed by atoms with E-state index in [4.69, 9.17) is 14.5 Å². The molecule has 2 N–H and O–H groups in total. The average molecular weight is 413 g/mol. The lowest BCUT2D eigenvalue weighted by Crippen LogP contribution is -2.21. The molecule has 0 aliphatic heterocycles. The van der Waals surface area contributed by atoms with Gasteiger partial charge in [0.2, 0.25) is 0 Å². The van der Waals surface area contributed by atoms with Crippen molar-refractivity contribution in [3.8, 4) is 39.7 Å². The zero-order valence-electron chi connectivity index (χ0n) is 17.2. The Hall–Kier alpha value is -4.06. The van der Waals surface area contributed by atoms with Crippen molar-refractivity contribution in [1.29, 1.82) is 0 Å². The number of nitrogens with zero attached hydrogens (tertiary/aromatic N) is 1. The maximum Gasteiger partial charge on any atom is 0.406 e. The van der Waals surface area contributed by atoms with Gasteiger partial charge >= 0.3 is 6.09 Å². The largest absolute Gasteiger partial charge is 0.490 e. The summed E-state index contributed by atoms with van der Waals surface area (Å²) in [5.41, 5.74) is 4.98. The predicted octanol–water partition coefficient (Wildman–Crippen LogP) is 5.15. The molecular weight excluding hydrogens is 390 g/mol. The van der Waals surface area contributed by atoms with Crippen LogP contribution in [-0.2, 0) is 4.74 Å². The van der Waals surface area contributed by atoms with Crippen LogP contribution in [-0.4, -0.2) is 36.3 Å². The minimum atomic E-state index is -0.472. The summed E-state index contributed by atoms with van der Waals surface area (Å²) < 4.78 is 10.5. The minimum absolute atomic E-state index is 0.181. The van der Waals surface area contributed by atoms with E-state index in [-0.39, 0.29) is 13.2 Å². The van der Waals surface area contributed by atoms with E-state index in [9.17, 15) is 4.79 Å². The van der Waals surface area contributed by atoms with Crippen molar-refractivity contribution in [2.24, 2.45) is 0 Å². The molecular formula is C25H23N3O3. The zero-order valence-corrected chi connectivity index (χ0v) is 17.2. The van der Waals surface area contributed by atoms with Crippen LogP contribution in [0.4, 0.5) is 4.79 Å². The summed E-state index contributed by atoms with van der Waals surface area (Å²) in [6.45, 7) is 0.463. The van der Waals surface area contributed by atoms with Crippen LogP contribution in [0.15, 0.2) is 84.9 Å². The zero-order chi connectivity index (χ0) is 21.5. The van der Waals surface area contributed by atoms with Crippen LogP contribution in [0.5, 0.6) is 5.75 Å². The molecule has 3 aromatic carbocycles. The number of hydrogen-bond donors (Lipinski definition) is 2. The molecule has 156 valence electrons. The molecule has 1 heterocycles. The van der Waals surface area contributed by atoms with Crippen LogP contribution in [0.2, 0.25) is 0 Å². The van der Waals surface area contributed by atoms with Crippen LogP contribution >= 0.6 is 0 Å². The SMILES string of the molecule is CNC(=O)OCCOc1ccc(-c2nc(-c3ccccc3)c(-c3ccccc3)[nH]2)cc1. The van der Waals surface area contributed by atoms with Crippen LogP contribution in [0.3, 0.4) is 0 Å². The Morgan fingerprint density at radius 2 is 1.48 bits per heavy atom. The average Bonchev–Trinajstić information content (AvgIpc) is 3.29. The highest BCUT2D eigenvalue weighted by atomic mass is 16.6. The Kier molecular flexibility index (Phi) is 6.28. The first-order valence-corrected chi connectivity index (χ1v) is 10.0. The number of benzene rings is 3. The van der Waals surface area contributed by atoms with E-state index in [1.165, 1.54) is 7.05 Å². The molecule has 6 heteroatoms. The normalized spacial score (nSPS) is 10.5. The molecule has 0 saturated heterocycles. The Morgan fingerprint density at radius 1 is 0.839 bits per heavy atom. The van der Waals surface area contributed by atoms with Crippen LogP contribution in [0.1, 0.15) is 0 Å². The van der Waals surface area contributed by atoms with E-state index in [0.717, 1.165) is 33.9 Å². The second-order valence-electron chi connectivity index (χ2n) is 6.80. The highest BCUT2D eigenvalue weighted by molar-refractivity contribution is 5.81. The second kappa shape index (κ2) is 9.63. The standard InChI is InChI=1S/C25H23N3O3/c1-26-25(29)31-17-16-30-21-14-12-20(13-15-21)24-27-22(18-8-4-2-5-9-18)23(28-24)19-10-6-3-7-11-19/h2-15H,16-17H2,1H3,(H,26,29)(H,27,28). The van der Waals surface area contributed by atoms with Crippen molar-refractivity contribution in [2.75, 3.05) is 20.3 Å². The van der Waals surface area contributed by atoms with Crippen molar-refractivity contribution < 1.29 is 14.3 Å². The van der Waals surface area contributed by atoms with Gasteiger partial charge in [0.05, 0.1) is 11.4 Å². The monoisotopic (exact) mass is 413 g/mol. The fourth-order valence-electron chi connectivity index (χ4n) is 3.20. The van der Waals surface area contributed by atoms with Crippen molar-refractivity contribution in [3.05, 3.63) is 84.9 Å². The van der Waals surface area contributed by atoms with Crippen molar-refractivity contribution in [3.63, 3.8) is 0 Å². The van der Waals surface area contributed by atoms with E-state index < -0.39 is 6.09 Å². The van der Waals surface area contributed by atoms with Gasteiger partial charge in [0.25, 0.3) is 0 Å². The fourth-order valence-corrected chi connectivity index (χ4v) is 3.20. The number of carbonyl (C=O) groups is 1. The lowest BCUT2D eigenvalue weighted by Gasteiger charge is -2.07. The number of aromatic nitrogens is 2. The highest BCUT2D eigenvalue weighted by Crippen LogP contribution is 2.33. The van der Waals surface area contributed by atoms with Gasteiger partial charge in [0, 0.05) is 23.7 Å². The molecule has 0 saturated carbocycles. The molecule has 0 unspecified atom stereocenters. The third kappa shape index (κ3) is 4.93. The molecule has 0 fully saturated rings. The lowest BCUT2D eigenvalue weighted by molar-refractivity contribution is 0.127. The molecule has 6 nitrogen and oxygen atoms in total. The summed E-state index contributed by atoms with van der Waals surface area (Å²) in [7, 11) is 1.52. The molecule has 1 amide bonds. The molecule has 4 rings (SSSR count). The third-order valence-corrected chi connectivity index (χ3v) is 4.73. The van der Waals surface area contributed by atoms with Gasteiger partial charge in [-0.2, -0.15) is 0 Å². The lowest BCUT2D eigenvalue weighted by atomic mass is 10.1. The van der Waals surface area contributed by atoms with Crippen LogP contribution < -0.4 is 10.1 Å². The molecule has 0 radical (unpaired) electrons. The summed E-state index contributed by atoms with van der Waals surface area (Å²) in [5, 5.41) is 2.39. The Balaban J connectivity index is 1.56. The minimum Gasteiger partial charge on any atom is -0.490 e. The van der Waals surface area contributed by atoms with Gasteiger partial charge in [-0.3, -0.25) is 0 Å². The summed E-state index contributed by atoms with van der Waals surface area (Å²) in [6.07, 6.45) is -0.472. The van der Waals surface area contributed by atoms with Gasteiger partial charge in [0.1, 0.15) is 24.8 Å². The summed E-state index contributed by atoms with van der Waals surface area (Å²) in [5.74, 6) is 1.48. The van der Waals surface area contributed by atoms with Gasteiger partial charge in [-0.05, 0) is 24.3 Å². The smallest absolute Gasteiger partial charge is 0.406 e. The fraction of sp³-hybridized carbons (Fsp3) is 0.120. The van der Waals surface area contributed by atoms with E-state index in [2.05, 4.69) is 34.6 Å².